The predicted octanol–water partition coefficient (Wildman–Crippen LogP) is 0.996. The van der Waals surface area contributed by atoms with Gasteiger partial charge in [-0.05, 0) is 66.4 Å². The lowest BCUT2D eigenvalue weighted by atomic mass is 9.99. The minimum absolute atomic E-state index is 0.0516. The fourth-order valence-electron chi connectivity index (χ4n) is 9.88. The van der Waals surface area contributed by atoms with Gasteiger partial charge in [-0.1, -0.05) is 30.3 Å². The molecular weight excluding hydrogens is 983 g/mol. The zero-order valence-electron chi connectivity index (χ0n) is 42.2. The first-order chi connectivity index (χ1) is 36.7. The van der Waals surface area contributed by atoms with Crippen molar-refractivity contribution in [1.82, 2.24) is 54.9 Å². The number of piperazine rings is 1. The molecule has 8 rings (SSSR count). The molecule has 3 aromatic carbocycles. The van der Waals surface area contributed by atoms with E-state index in [0.29, 0.717) is 118 Å². The molecule has 2 aromatic heterocycles. The van der Waals surface area contributed by atoms with Gasteiger partial charge in [-0.15, -0.1) is 0 Å². The summed E-state index contributed by atoms with van der Waals surface area (Å²) in [6.07, 6.45) is 2.61. The molecule has 4 amide bonds. The van der Waals surface area contributed by atoms with Crippen LogP contribution in [-0.4, -0.2) is 244 Å². The molecular formula is C53H63N11O12. The van der Waals surface area contributed by atoms with Crippen LogP contribution in [0.4, 0.5) is 0 Å². The van der Waals surface area contributed by atoms with Crippen LogP contribution in [0.5, 0.6) is 0 Å². The van der Waals surface area contributed by atoms with Gasteiger partial charge in [0.2, 0.25) is 17.6 Å². The standard InChI is InChI=1S/C53H63N11O12/c65-45(64-16-3-5-43(64)50(73)53-57-42-4-1-2-6-44(42)76-53)31-56-52(75)39-13-14-54-41-12-11-38(30-40(39)41)36-7-9-37(10-8-36)51(74)55-15-17-58-26-28-63(29-27-58)46(66)32-59-18-20-60(33-47(67)68)22-24-62(35-49(71)72)25-23-61(21-19-59)34-48(69)70/h1-2,4,6-14,30,43H,3,5,15-29,31-35H2,(H,55,74)(H,56,75)(H,67,68)(H,69,70)(H,71,72)/t43-/m0/s1. The largest absolute Gasteiger partial charge is 0.480 e. The van der Waals surface area contributed by atoms with E-state index >= 15 is 0 Å². The summed E-state index contributed by atoms with van der Waals surface area (Å²) < 4.78 is 5.68. The number of aliphatic carboxylic acids is 3. The molecule has 76 heavy (non-hydrogen) atoms. The average molecular weight is 1050 g/mol. The molecule has 0 unspecified atom stereocenters. The molecule has 0 bridgehead atoms. The van der Waals surface area contributed by atoms with Gasteiger partial charge in [0.25, 0.3) is 17.7 Å². The van der Waals surface area contributed by atoms with Crippen LogP contribution < -0.4 is 10.6 Å². The lowest BCUT2D eigenvalue weighted by Gasteiger charge is -2.37. The fourth-order valence-corrected chi connectivity index (χ4v) is 9.88. The molecule has 3 saturated heterocycles. The number of hydrogen-bond acceptors (Lipinski definition) is 16. The lowest BCUT2D eigenvalue weighted by molar-refractivity contribution is -0.141. The van der Waals surface area contributed by atoms with E-state index in [4.69, 9.17) is 4.42 Å². The molecule has 0 saturated carbocycles. The Morgan fingerprint density at radius 1 is 0.579 bits per heavy atom. The predicted molar refractivity (Wildman–Crippen MR) is 277 cm³/mol. The van der Waals surface area contributed by atoms with Crippen molar-refractivity contribution in [2.45, 2.75) is 18.9 Å². The Bertz CT molecular complexity index is 2860. The fraction of sp³-hybridized carbons (Fsp3) is 0.434. The zero-order valence-corrected chi connectivity index (χ0v) is 42.2. The Labute approximate surface area is 438 Å². The van der Waals surface area contributed by atoms with Crippen LogP contribution in [0, 0.1) is 0 Å². The average Bonchev–Trinajstić information content (AvgIpc) is 4.09. The van der Waals surface area contributed by atoms with Gasteiger partial charge in [-0.2, -0.15) is 0 Å². The summed E-state index contributed by atoms with van der Waals surface area (Å²) in [6.45, 7) is 4.94. The third kappa shape index (κ3) is 14.6. The van der Waals surface area contributed by atoms with Crippen LogP contribution in [-0.2, 0) is 24.0 Å². The van der Waals surface area contributed by atoms with E-state index in [1.165, 1.54) is 11.1 Å². The summed E-state index contributed by atoms with van der Waals surface area (Å²) in [7, 11) is 0. The summed E-state index contributed by atoms with van der Waals surface area (Å²) in [5, 5.41) is 34.8. The number of rotatable bonds is 18. The van der Waals surface area contributed by atoms with Crippen molar-refractivity contribution in [2.75, 3.05) is 131 Å². The van der Waals surface area contributed by atoms with Crippen molar-refractivity contribution in [3.8, 4) is 11.1 Å². The number of carboxylic acid groups (broad SMARTS) is 3. The number of fused-ring (bicyclic) bond motifs is 2. The molecule has 3 aliphatic rings. The lowest BCUT2D eigenvalue weighted by Crippen LogP contribution is -2.53. The second-order valence-corrected chi connectivity index (χ2v) is 19.2. The number of pyridine rings is 1. The SMILES string of the molecule is O=C(O)CN1CCN(CC(=O)O)CCN(CC(=O)N2CCN(CCNC(=O)c3ccc(-c4ccc5nccc(C(=O)NCC(=O)N6CCC[C@H]6C(=O)c6nc7ccccc7o6)c5c4)cc3)CC2)CCN(CC(=O)O)CC1. The van der Waals surface area contributed by atoms with E-state index in [1.54, 1.807) is 68.1 Å². The number of carboxylic acids is 3. The minimum atomic E-state index is -1.03. The third-order valence-corrected chi connectivity index (χ3v) is 14.1. The molecule has 5 aromatic rings. The quantitative estimate of drug-likeness (QED) is 0.0766. The van der Waals surface area contributed by atoms with Crippen molar-refractivity contribution < 1.29 is 58.1 Å². The number of oxazole rings is 1. The highest BCUT2D eigenvalue weighted by Gasteiger charge is 2.37. The van der Waals surface area contributed by atoms with Crippen molar-refractivity contribution in [3.63, 3.8) is 0 Å². The Morgan fingerprint density at radius 2 is 1.16 bits per heavy atom. The Morgan fingerprint density at radius 3 is 1.76 bits per heavy atom. The second-order valence-electron chi connectivity index (χ2n) is 19.2. The van der Waals surface area contributed by atoms with Gasteiger partial charge in [0.1, 0.15) is 11.6 Å². The van der Waals surface area contributed by atoms with Gasteiger partial charge in [0.05, 0.1) is 43.8 Å². The highest BCUT2D eigenvalue weighted by Crippen LogP contribution is 2.27. The zero-order chi connectivity index (χ0) is 53.7. The summed E-state index contributed by atoms with van der Waals surface area (Å²) in [6, 6.07) is 20.5. The number of hydrogen-bond donors (Lipinski definition) is 5. The summed E-state index contributed by atoms with van der Waals surface area (Å²) in [5.74, 6) is -4.72. The van der Waals surface area contributed by atoms with Gasteiger partial charge >= 0.3 is 17.9 Å². The molecule has 0 aliphatic carbocycles. The minimum Gasteiger partial charge on any atom is -0.480 e. The highest BCUT2D eigenvalue weighted by molar-refractivity contribution is 6.08. The smallest absolute Gasteiger partial charge is 0.317 e. The van der Waals surface area contributed by atoms with Crippen LogP contribution in [0.15, 0.2) is 83.4 Å². The number of aromatic nitrogens is 2. The van der Waals surface area contributed by atoms with Crippen LogP contribution in [0.25, 0.3) is 33.1 Å². The molecule has 5 N–H and O–H groups in total. The highest BCUT2D eigenvalue weighted by atomic mass is 16.4. The Kier molecular flexibility index (Phi) is 18.4. The van der Waals surface area contributed by atoms with Crippen LogP contribution in [0.1, 0.15) is 44.2 Å². The van der Waals surface area contributed by atoms with E-state index in [1.807, 2.05) is 29.2 Å². The van der Waals surface area contributed by atoms with Crippen molar-refractivity contribution in [2.24, 2.45) is 0 Å². The number of likely N-dealkylation sites (tertiary alicyclic amines) is 1. The van der Waals surface area contributed by atoms with Gasteiger partial charge in [-0.3, -0.25) is 67.8 Å². The molecule has 5 heterocycles. The van der Waals surface area contributed by atoms with E-state index in [9.17, 15) is 53.7 Å². The molecule has 1 atom stereocenters. The maximum atomic E-state index is 13.6. The van der Waals surface area contributed by atoms with Crippen LogP contribution in [0.2, 0.25) is 0 Å². The number of benzene rings is 3. The topological polar surface area (TPSA) is 283 Å². The number of para-hydroxylation sites is 2. The number of ketones is 1. The number of nitrogens with one attached hydrogen (secondary N) is 2. The van der Waals surface area contributed by atoms with E-state index in [2.05, 4.69) is 25.5 Å². The first-order valence-electron chi connectivity index (χ1n) is 25.5. The number of nitrogens with zero attached hydrogens (tertiary/aromatic N) is 9. The summed E-state index contributed by atoms with van der Waals surface area (Å²) in [5.41, 5.74) is 3.97. The van der Waals surface area contributed by atoms with Crippen LogP contribution in [0.3, 0.4) is 0 Å². The Balaban J connectivity index is 0.792. The number of amides is 4. The molecule has 3 fully saturated rings. The van der Waals surface area contributed by atoms with Crippen LogP contribution >= 0.6 is 0 Å². The second kappa shape index (κ2) is 25.7. The van der Waals surface area contributed by atoms with Gasteiger partial charge in [0, 0.05) is 115 Å². The molecule has 0 spiro atoms. The number of Topliss-reactive ketones (excluding diaryl/α,β-unsaturated/α-hetero) is 1. The first kappa shape index (κ1) is 54.6. The van der Waals surface area contributed by atoms with E-state index < -0.39 is 35.8 Å². The third-order valence-electron chi connectivity index (χ3n) is 14.1. The molecule has 0 radical (unpaired) electrons. The van der Waals surface area contributed by atoms with Crippen molar-refractivity contribution >= 4 is 69.3 Å². The van der Waals surface area contributed by atoms with Crippen molar-refractivity contribution in [3.05, 3.63) is 96.0 Å². The summed E-state index contributed by atoms with van der Waals surface area (Å²) in [4.78, 5) is 123. The van der Waals surface area contributed by atoms with E-state index in [0.717, 1.165) is 11.1 Å². The molecule has 23 nitrogen and oxygen atoms in total. The maximum absolute atomic E-state index is 13.6. The van der Waals surface area contributed by atoms with Gasteiger partial charge in [-0.25, -0.2) is 4.98 Å². The van der Waals surface area contributed by atoms with Crippen molar-refractivity contribution in [1.29, 1.82) is 0 Å². The monoisotopic (exact) mass is 1050 g/mol. The van der Waals surface area contributed by atoms with Gasteiger partial charge < -0.3 is 40.2 Å². The molecule has 3 aliphatic heterocycles. The molecule has 402 valence electrons. The first-order valence-corrected chi connectivity index (χ1v) is 25.5. The van der Waals surface area contributed by atoms with Gasteiger partial charge in [0.15, 0.2) is 5.58 Å². The Hall–Kier alpha value is -7.70. The summed E-state index contributed by atoms with van der Waals surface area (Å²) >= 11 is 0. The number of carbonyl (C=O) groups excluding carboxylic acids is 5. The molecule has 23 heteroatoms. The maximum Gasteiger partial charge on any atom is 0.317 e. The van der Waals surface area contributed by atoms with E-state index in [-0.39, 0.29) is 82.4 Å². The number of carbonyl (C=O) groups is 8. The normalized spacial score (nSPS) is 18.0.